The number of aromatic nitrogens is 1. The molecule has 0 unspecified atom stereocenters. The Labute approximate surface area is 97.3 Å². The molecule has 1 aromatic carbocycles. The van der Waals surface area contributed by atoms with Crippen LogP contribution in [0, 0.1) is 6.92 Å². The Balaban J connectivity index is 2.39. The van der Waals surface area contributed by atoms with Crippen LogP contribution in [0.5, 0.6) is 0 Å². The maximum absolute atomic E-state index is 3.39. The van der Waals surface area contributed by atoms with E-state index < -0.39 is 0 Å². The highest BCUT2D eigenvalue weighted by atomic mass is 14.9. The van der Waals surface area contributed by atoms with Crippen molar-refractivity contribution in [1.82, 2.24) is 9.88 Å². The van der Waals surface area contributed by atoms with E-state index in [1.165, 1.54) is 22.2 Å². The smallest absolute Gasteiger partial charge is 0.0482 e. The molecule has 0 aliphatic carbocycles. The molecule has 0 saturated heterocycles. The number of nitrogens with one attached hydrogen (secondary N) is 1. The highest BCUT2D eigenvalue weighted by Gasteiger charge is 2.10. The lowest BCUT2D eigenvalue weighted by Crippen LogP contribution is -2.16. The molecule has 1 heterocycles. The fraction of sp³-hybridized carbons (Fsp3) is 0.429. The molecular weight excluding hydrogens is 196 g/mol. The predicted octanol–water partition coefficient (Wildman–Crippen LogP) is 2.64. The Bertz CT molecular complexity index is 483. The summed E-state index contributed by atoms with van der Waals surface area (Å²) in [5.41, 5.74) is 4.21. The zero-order valence-electron chi connectivity index (χ0n) is 10.4. The average Bonchev–Trinajstić information content (AvgIpc) is 2.55. The lowest BCUT2D eigenvalue weighted by molar-refractivity contribution is 0.714. The van der Waals surface area contributed by atoms with Gasteiger partial charge in [-0.15, -0.1) is 0 Å². The van der Waals surface area contributed by atoms with Crippen LogP contribution in [-0.2, 0) is 13.5 Å². The second kappa shape index (κ2) is 4.71. The first kappa shape index (κ1) is 11.2. The molecule has 1 aromatic heterocycles. The van der Waals surface area contributed by atoms with Gasteiger partial charge in [0.25, 0.3) is 0 Å². The van der Waals surface area contributed by atoms with Gasteiger partial charge >= 0.3 is 0 Å². The quantitative estimate of drug-likeness (QED) is 0.777. The predicted molar refractivity (Wildman–Crippen MR) is 69.9 cm³/mol. The molecule has 0 saturated carbocycles. The fourth-order valence-electron chi connectivity index (χ4n) is 2.31. The normalized spacial score (nSPS) is 11.2. The van der Waals surface area contributed by atoms with Crippen molar-refractivity contribution in [3.8, 4) is 0 Å². The SMILES string of the molecule is CCNCCc1c(C)n(C)c2ccccc12. The van der Waals surface area contributed by atoms with Gasteiger partial charge in [-0.25, -0.2) is 0 Å². The molecule has 0 spiro atoms. The molecule has 2 aromatic rings. The molecule has 0 aliphatic heterocycles. The largest absolute Gasteiger partial charge is 0.348 e. The standard InChI is InChI=1S/C14H20N2/c1-4-15-10-9-12-11(2)16(3)14-8-6-5-7-13(12)14/h5-8,15H,4,9-10H2,1-3H3. The summed E-state index contributed by atoms with van der Waals surface area (Å²) in [6, 6.07) is 8.65. The van der Waals surface area contributed by atoms with E-state index in [4.69, 9.17) is 0 Å². The van der Waals surface area contributed by atoms with E-state index in [1.807, 2.05) is 0 Å². The average molecular weight is 216 g/mol. The molecule has 0 aliphatic rings. The first-order valence-corrected chi connectivity index (χ1v) is 5.99. The van der Waals surface area contributed by atoms with E-state index in [0.29, 0.717) is 0 Å². The van der Waals surface area contributed by atoms with Crippen LogP contribution in [-0.4, -0.2) is 17.7 Å². The van der Waals surface area contributed by atoms with Gasteiger partial charge in [0.2, 0.25) is 0 Å². The summed E-state index contributed by atoms with van der Waals surface area (Å²) in [6.07, 6.45) is 1.11. The molecule has 2 rings (SSSR count). The third kappa shape index (κ3) is 1.85. The summed E-state index contributed by atoms with van der Waals surface area (Å²) in [5, 5.41) is 4.79. The fourth-order valence-corrected chi connectivity index (χ4v) is 2.31. The Morgan fingerprint density at radius 2 is 2.00 bits per heavy atom. The van der Waals surface area contributed by atoms with Crippen LogP contribution in [0.4, 0.5) is 0 Å². The maximum atomic E-state index is 3.39. The van der Waals surface area contributed by atoms with Gasteiger partial charge in [-0.2, -0.15) is 0 Å². The molecule has 0 atom stereocenters. The minimum atomic E-state index is 1.05. The third-order valence-electron chi connectivity index (χ3n) is 3.33. The first-order valence-electron chi connectivity index (χ1n) is 5.99. The molecule has 0 bridgehead atoms. The molecule has 1 N–H and O–H groups in total. The van der Waals surface area contributed by atoms with Crippen LogP contribution in [0.25, 0.3) is 10.9 Å². The lowest BCUT2D eigenvalue weighted by Gasteiger charge is -2.03. The summed E-state index contributed by atoms with van der Waals surface area (Å²) < 4.78 is 2.29. The highest BCUT2D eigenvalue weighted by molar-refractivity contribution is 5.85. The molecule has 0 fully saturated rings. The van der Waals surface area contributed by atoms with Gasteiger partial charge in [-0.05, 0) is 38.1 Å². The van der Waals surface area contributed by atoms with Crippen LogP contribution in [0.1, 0.15) is 18.2 Å². The number of fused-ring (bicyclic) bond motifs is 1. The van der Waals surface area contributed by atoms with E-state index in [9.17, 15) is 0 Å². The monoisotopic (exact) mass is 216 g/mol. The number of benzene rings is 1. The van der Waals surface area contributed by atoms with Gasteiger partial charge in [0, 0.05) is 23.6 Å². The van der Waals surface area contributed by atoms with Crippen LogP contribution in [0.3, 0.4) is 0 Å². The van der Waals surface area contributed by atoms with E-state index in [1.54, 1.807) is 0 Å². The number of hydrogen-bond donors (Lipinski definition) is 1. The van der Waals surface area contributed by atoms with E-state index in [-0.39, 0.29) is 0 Å². The molecule has 2 heteroatoms. The van der Waals surface area contributed by atoms with Crippen LogP contribution < -0.4 is 5.32 Å². The number of nitrogens with zero attached hydrogens (tertiary/aromatic N) is 1. The molecular formula is C14H20N2. The topological polar surface area (TPSA) is 17.0 Å². The minimum Gasteiger partial charge on any atom is -0.348 e. The van der Waals surface area contributed by atoms with Gasteiger partial charge in [0.05, 0.1) is 0 Å². The van der Waals surface area contributed by atoms with Crippen molar-refractivity contribution in [3.05, 3.63) is 35.5 Å². The second-order valence-electron chi connectivity index (χ2n) is 4.24. The number of para-hydroxylation sites is 1. The van der Waals surface area contributed by atoms with Gasteiger partial charge in [-0.1, -0.05) is 25.1 Å². The van der Waals surface area contributed by atoms with Crippen molar-refractivity contribution in [1.29, 1.82) is 0 Å². The van der Waals surface area contributed by atoms with Crippen molar-refractivity contribution < 1.29 is 0 Å². The number of likely N-dealkylation sites (N-methyl/N-ethyl adjacent to an activating group) is 1. The van der Waals surface area contributed by atoms with Gasteiger partial charge in [0.1, 0.15) is 0 Å². The van der Waals surface area contributed by atoms with Crippen LogP contribution in [0.15, 0.2) is 24.3 Å². The summed E-state index contributed by atoms with van der Waals surface area (Å²) in [7, 11) is 2.15. The molecule has 86 valence electrons. The van der Waals surface area contributed by atoms with E-state index in [2.05, 4.69) is 55.0 Å². The van der Waals surface area contributed by atoms with Crippen molar-refractivity contribution in [2.24, 2.45) is 7.05 Å². The van der Waals surface area contributed by atoms with Crippen LogP contribution >= 0.6 is 0 Å². The van der Waals surface area contributed by atoms with Crippen molar-refractivity contribution in [2.75, 3.05) is 13.1 Å². The van der Waals surface area contributed by atoms with Gasteiger partial charge < -0.3 is 9.88 Å². The second-order valence-corrected chi connectivity index (χ2v) is 4.24. The Hall–Kier alpha value is -1.28. The zero-order valence-corrected chi connectivity index (χ0v) is 10.4. The summed E-state index contributed by atoms with van der Waals surface area (Å²) >= 11 is 0. The summed E-state index contributed by atoms with van der Waals surface area (Å²) in [6.45, 7) is 6.46. The molecule has 0 radical (unpaired) electrons. The molecule has 16 heavy (non-hydrogen) atoms. The van der Waals surface area contributed by atoms with E-state index >= 15 is 0 Å². The number of hydrogen-bond acceptors (Lipinski definition) is 1. The molecule has 2 nitrogen and oxygen atoms in total. The Morgan fingerprint density at radius 3 is 2.75 bits per heavy atom. The number of aryl methyl sites for hydroxylation is 1. The Morgan fingerprint density at radius 1 is 1.25 bits per heavy atom. The zero-order chi connectivity index (χ0) is 11.5. The Kier molecular flexibility index (Phi) is 3.30. The van der Waals surface area contributed by atoms with Crippen molar-refractivity contribution >= 4 is 10.9 Å². The van der Waals surface area contributed by atoms with Gasteiger partial charge in [-0.3, -0.25) is 0 Å². The maximum Gasteiger partial charge on any atom is 0.0482 e. The lowest BCUT2D eigenvalue weighted by atomic mass is 10.1. The third-order valence-corrected chi connectivity index (χ3v) is 3.33. The van der Waals surface area contributed by atoms with E-state index in [0.717, 1.165) is 19.5 Å². The minimum absolute atomic E-state index is 1.05. The molecule has 0 amide bonds. The van der Waals surface area contributed by atoms with Gasteiger partial charge in [0.15, 0.2) is 0 Å². The number of rotatable bonds is 4. The van der Waals surface area contributed by atoms with Crippen LogP contribution in [0.2, 0.25) is 0 Å². The summed E-state index contributed by atoms with van der Waals surface area (Å²) in [5.74, 6) is 0. The summed E-state index contributed by atoms with van der Waals surface area (Å²) in [4.78, 5) is 0. The van der Waals surface area contributed by atoms with Crippen molar-refractivity contribution in [3.63, 3.8) is 0 Å². The van der Waals surface area contributed by atoms with Crippen molar-refractivity contribution in [2.45, 2.75) is 20.3 Å². The first-order chi connectivity index (χ1) is 7.75. The highest BCUT2D eigenvalue weighted by Crippen LogP contribution is 2.24.